The molecule has 0 bridgehead atoms. The molecule has 1 aromatic carbocycles. The number of ether oxygens (including phenoxy) is 1. The Kier molecular flexibility index (Phi) is 5.78. The summed E-state index contributed by atoms with van der Waals surface area (Å²) in [4.78, 5) is 27.1. The molecule has 1 saturated heterocycles. The van der Waals surface area contributed by atoms with Crippen LogP contribution in [-0.2, 0) is 9.59 Å². The first-order chi connectivity index (χ1) is 13.0. The Labute approximate surface area is 158 Å². The van der Waals surface area contributed by atoms with Crippen LogP contribution >= 0.6 is 0 Å². The molecule has 7 heteroatoms. The molecule has 1 aromatic heterocycles. The lowest BCUT2D eigenvalue weighted by atomic mass is 9.97. The third kappa shape index (κ3) is 4.48. The molecule has 0 saturated carbocycles. The number of nitrogens with one attached hydrogen (secondary N) is 1. The molecule has 1 aliphatic rings. The smallest absolute Gasteiger partial charge is 0.248 e. The van der Waals surface area contributed by atoms with Crippen molar-refractivity contribution in [1.82, 2.24) is 10.1 Å². The van der Waals surface area contributed by atoms with E-state index in [4.69, 9.17) is 9.26 Å². The van der Waals surface area contributed by atoms with Gasteiger partial charge in [0.15, 0.2) is 5.82 Å². The van der Waals surface area contributed by atoms with E-state index in [0.717, 1.165) is 17.7 Å². The zero-order chi connectivity index (χ0) is 19.4. The monoisotopic (exact) mass is 371 g/mol. The number of rotatable bonds is 6. The second kappa shape index (κ2) is 8.24. The third-order valence-electron chi connectivity index (χ3n) is 4.92. The molecule has 0 radical (unpaired) electrons. The first kappa shape index (κ1) is 18.9. The van der Waals surface area contributed by atoms with E-state index in [2.05, 4.69) is 10.5 Å². The van der Waals surface area contributed by atoms with E-state index in [-0.39, 0.29) is 17.7 Å². The van der Waals surface area contributed by atoms with Gasteiger partial charge in [0.1, 0.15) is 17.6 Å². The third-order valence-corrected chi connectivity index (χ3v) is 4.92. The highest BCUT2D eigenvalue weighted by Gasteiger charge is 2.34. The molecule has 27 heavy (non-hydrogen) atoms. The number of aromatic nitrogens is 1. The molecule has 7 nitrogen and oxygen atoms in total. The molecule has 0 spiro atoms. The molecular weight excluding hydrogens is 346 g/mol. The average molecular weight is 371 g/mol. The standard InChI is InChI=1S/C20H25N3O4/c1-13(15-6-8-16(26-3)9-7-15)11-19(24)23-10-4-5-17(23)20(25)21-18-12-14(2)27-22-18/h6-9,12-13,17H,4-5,10-11H2,1-3H3,(H,21,22,25)/t13?,17-/m0/s1. The number of likely N-dealkylation sites (tertiary alicyclic amines) is 1. The van der Waals surface area contributed by atoms with Crippen LogP contribution in [0.25, 0.3) is 0 Å². The lowest BCUT2D eigenvalue weighted by Gasteiger charge is -2.25. The normalized spacial score (nSPS) is 17.6. The van der Waals surface area contributed by atoms with Crippen molar-refractivity contribution in [2.75, 3.05) is 19.0 Å². The van der Waals surface area contributed by atoms with Gasteiger partial charge in [0, 0.05) is 19.0 Å². The fourth-order valence-electron chi connectivity index (χ4n) is 3.40. The highest BCUT2D eigenvalue weighted by Crippen LogP contribution is 2.26. The summed E-state index contributed by atoms with van der Waals surface area (Å²) < 4.78 is 10.1. The molecule has 1 unspecified atom stereocenters. The number of carbonyl (C=O) groups is 2. The fourth-order valence-corrected chi connectivity index (χ4v) is 3.40. The quantitative estimate of drug-likeness (QED) is 0.843. The number of amides is 2. The van der Waals surface area contributed by atoms with Gasteiger partial charge in [0.25, 0.3) is 0 Å². The number of hydrogen-bond donors (Lipinski definition) is 1. The van der Waals surface area contributed by atoms with E-state index in [1.165, 1.54) is 0 Å². The molecular formula is C20H25N3O4. The van der Waals surface area contributed by atoms with Crippen LogP contribution in [0.4, 0.5) is 5.82 Å². The van der Waals surface area contributed by atoms with Crippen molar-refractivity contribution in [1.29, 1.82) is 0 Å². The maximum Gasteiger partial charge on any atom is 0.248 e. The average Bonchev–Trinajstić information content (AvgIpc) is 3.30. The molecule has 1 aliphatic heterocycles. The number of hydrogen-bond acceptors (Lipinski definition) is 5. The van der Waals surface area contributed by atoms with Crippen LogP contribution in [0.2, 0.25) is 0 Å². The van der Waals surface area contributed by atoms with Crippen molar-refractivity contribution in [3.8, 4) is 5.75 Å². The fraction of sp³-hybridized carbons (Fsp3) is 0.450. The van der Waals surface area contributed by atoms with Gasteiger partial charge in [-0.15, -0.1) is 0 Å². The molecule has 144 valence electrons. The minimum absolute atomic E-state index is 0.00713. The van der Waals surface area contributed by atoms with E-state index in [9.17, 15) is 9.59 Å². The Bertz CT molecular complexity index is 800. The molecule has 1 fully saturated rings. The largest absolute Gasteiger partial charge is 0.497 e. The van der Waals surface area contributed by atoms with Crippen LogP contribution in [0.3, 0.4) is 0 Å². The van der Waals surface area contributed by atoms with Crippen molar-refractivity contribution in [3.63, 3.8) is 0 Å². The highest BCUT2D eigenvalue weighted by molar-refractivity contribution is 5.97. The van der Waals surface area contributed by atoms with Crippen LogP contribution in [0.1, 0.15) is 43.4 Å². The van der Waals surface area contributed by atoms with E-state index in [0.29, 0.717) is 31.0 Å². The molecule has 1 N–H and O–H groups in total. The predicted octanol–water partition coefficient (Wildman–Crippen LogP) is 3.11. The Morgan fingerprint density at radius 2 is 2.11 bits per heavy atom. The van der Waals surface area contributed by atoms with Crippen LogP contribution in [-0.4, -0.2) is 41.6 Å². The summed E-state index contributed by atoms with van der Waals surface area (Å²) in [6.07, 6.45) is 1.84. The van der Waals surface area contributed by atoms with Crippen molar-refractivity contribution in [2.24, 2.45) is 0 Å². The first-order valence-corrected chi connectivity index (χ1v) is 9.15. The van der Waals surface area contributed by atoms with Gasteiger partial charge in [0.2, 0.25) is 11.8 Å². The van der Waals surface area contributed by atoms with E-state index in [1.807, 2.05) is 31.2 Å². The van der Waals surface area contributed by atoms with Crippen LogP contribution in [0.5, 0.6) is 5.75 Å². The van der Waals surface area contributed by atoms with Crippen molar-refractivity contribution >= 4 is 17.6 Å². The second-order valence-corrected chi connectivity index (χ2v) is 6.94. The van der Waals surface area contributed by atoms with Crippen LogP contribution < -0.4 is 10.1 Å². The lowest BCUT2D eigenvalue weighted by Crippen LogP contribution is -2.43. The molecule has 2 atom stereocenters. The summed E-state index contributed by atoms with van der Waals surface area (Å²) in [6.45, 7) is 4.38. The molecule has 0 aliphatic carbocycles. The zero-order valence-corrected chi connectivity index (χ0v) is 15.9. The topological polar surface area (TPSA) is 84.7 Å². The maximum atomic E-state index is 12.8. The maximum absolute atomic E-state index is 12.8. The van der Waals surface area contributed by atoms with Crippen LogP contribution in [0, 0.1) is 6.92 Å². The molecule has 3 rings (SSSR count). The minimum atomic E-state index is -0.461. The second-order valence-electron chi connectivity index (χ2n) is 6.94. The minimum Gasteiger partial charge on any atom is -0.497 e. The lowest BCUT2D eigenvalue weighted by molar-refractivity contribution is -0.136. The van der Waals surface area contributed by atoms with Crippen molar-refractivity contribution in [2.45, 2.75) is 45.1 Å². The van der Waals surface area contributed by atoms with Gasteiger partial charge in [-0.3, -0.25) is 9.59 Å². The Morgan fingerprint density at radius 3 is 2.74 bits per heavy atom. The van der Waals surface area contributed by atoms with Gasteiger partial charge in [-0.25, -0.2) is 0 Å². The number of benzene rings is 1. The summed E-state index contributed by atoms with van der Waals surface area (Å²) in [7, 11) is 1.63. The first-order valence-electron chi connectivity index (χ1n) is 9.15. The Balaban J connectivity index is 1.61. The van der Waals surface area contributed by atoms with Gasteiger partial charge in [-0.2, -0.15) is 0 Å². The van der Waals surface area contributed by atoms with Gasteiger partial charge < -0.3 is 19.5 Å². The van der Waals surface area contributed by atoms with Crippen molar-refractivity contribution < 1.29 is 18.8 Å². The number of anilines is 1. The number of aryl methyl sites for hydroxylation is 1. The predicted molar refractivity (Wildman–Crippen MR) is 101 cm³/mol. The summed E-state index contributed by atoms with van der Waals surface area (Å²) in [5.41, 5.74) is 1.07. The molecule has 2 aromatic rings. The summed E-state index contributed by atoms with van der Waals surface area (Å²) in [5, 5.41) is 6.51. The molecule has 2 amide bonds. The van der Waals surface area contributed by atoms with Crippen molar-refractivity contribution in [3.05, 3.63) is 41.7 Å². The highest BCUT2D eigenvalue weighted by atomic mass is 16.5. The summed E-state index contributed by atoms with van der Waals surface area (Å²) >= 11 is 0. The van der Waals surface area contributed by atoms with Gasteiger partial charge in [-0.1, -0.05) is 24.2 Å². The van der Waals surface area contributed by atoms with E-state index >= 15 is 0 Å². The SMILES string of the molecule is COc1ccc(C(C)CC(=O)N2CCC[C@H]2C(=O)Nc2cc(C)on2)cc1. The number of nitrogens with zero attached hydrogens (tertiary/aromatic N) is 2. The van der Waals surface area contributed by atoms with Gasteiger partial charge in [0.05, 0.1) is 7.11 Å². The number of carbonyl (C=O) groups excluding carboxylic acids is 2. The van der Waals surface area contributed by atoms with Crippen LogP contribution in [0.15, 0.2) is 34.9 Å². The van der Waals surface area contributed by atoms with Gasteiger partial charge in [-0.05, 0) is 43.4 Å². The van der Waals surface area contributed by atoms with Gasteiger partial charge >= 0.3 is 0 Å². The molecule has 2 heterocycles. The summed E-state index contributed by atoms with van der Waals surface area (Å²) in [6, 6.07) is 8.92. The van der Waals surface area contributed by atoms with E-state index in [1.54, 1.807) is 25.0 Å². The van der Waals surface area contributed by atoms with E-state index < -0.39 is 6.04 Å². The zero-order valence-electron chi connectivity index (χ0n) is 15.9. The number of methoxy groups -OCH3 is 1. The Morgan fingerprint density at radius 1 is 1.37 bits per heavy atom. The summed E-state index contributed by atoms with van der Waals surface area (Å²) in [5.74, 6) is 1.63. The Hall–Kier alpha value is -2.83.